The minimum absolute atomic E-state index is 0.00000283. The zero-order valence-corrected chi connectivity index (χ0v) is 14.6. The number of unbranched alkanes of at least 4 members (excludes halogenated alkanes) is 1. The van der Waals surface area contributed by atoms with Crippen molar-refractivity contribution >= 4 is 17.2 Å². The van der Waals surface area contributed by atoms with Crippen molar-refractivity contribution in [1.29, 1.82) is 0 Å². The Morgan fingerprint density at radius 1 is 1.11 bits per heavy atom. The fourth-order valence-corrected chi connectivity index (χ4v) is 2.59. The summed E-state index contributed by atoms with van der Waals surface area (Å²) in [6.07, 6.45) is 1.17. The number of non-ortho nitro benzene ring substituents is 1. The molecular weight excluding hydrogens is 352 g/mol. The van der Waals surface area contributed by atoms with Crippen molar-refractivity contribution in [3.05, 3.63) is 91.5 Å². The Kier molecular flexibility index (Phi) is 6.51. The summed E-state index contributed by atoms with van der Waals surface area (Å²) in [7, 11) is 0. The van der Waals surface area contributed by atoms with E-state index < -0.39 is 33.1 Å². The molecule has 0 heterocycles. The van der Waals surface area contributed by atoms with Gasteiger partial charge in [-0.25, -0.2) is 0 Å². The summed E-state index contributed by atoms with van der Waals surface area (Å²) in [4.78, 5) is 33.5. The number of allylic oxidation sites excluding steroid dienone is 1. The Balaban J connectivity index is 2.53. The van der Waals surface area contributed by atoms with Gasteiger partial charge in [-0.3, -0.25) is 25.0 Å². The number of hydrogen-bond acceptors (Lipinski definition) is 6. The Bertz CT molecular complexity index is 892. The van der Waals surface area contributed by atoms with Crippen LogP contribution >= 0.6 is 0 Å². The molecule has 0 aromatic heterocycles. The molecule has 0 bridgehead atoms. The highest BCUT2D eigenvalue weighted by atomic mass is 16.6. The van der Waals surface area contributed by atoms with E-state index in [2.05, 4.69) is 0 Å². The normalized spacial score (nSPS) is 12.4. The number of nitro benzene ring substituents is 2. The topological polar surface area (TPSA) is 124 Å². The largest absolute Gasteiger partial charge is 0.383 e. The van der Waals surface area contributed by atoms with Crippen LogP contribution in [0.5, 0.6) is 0 Å². The van der Waals surface area contributed by atoms with Gasteiger partial charge in [0.2, 0.25) is 0 Å². The number of rotatable bonds is 8. The average molecular weight is 370 g/mol. The van der Waals surface area contributed by atoms with Crippen LogP contribution in [0.3, 0.4) is 0 Å². The van der Waals surface area contributed by atoms with Crippen LogP contribution in [-0.2, 0) is 0 Å². The van der Waals surface area contributed by atoms with Crippen LogP contribution in [0.25, 0.3) is 0 Å². The van der Waals surface area contributed by atoms with Crippen molar-refractivity contribution in [3.63, 3.8) is 0 Å². The number of benzene rings is 2. The molecule has 1 N–H and O–H groups in total. The third-order valence-corrected chi connectivity index (χ3v) is 3.96. The molecule has 0 saturated heterocycles. The van der Waals surface area contributed by atoms with E-state index in [-0.39, 0.29) is 11.1 Å². The molecular formula is C19H18N2O6. The second-order valence-electron chi connectivity index (χ2n) is 5.80. The van der Waals surface area contributed by atoms with Crippen molar-refractivity contribution in [2.24, 2.45) is 0 Å². The van der Waals surface area contributed by atoms with Gasteiger partial charge in [-0.1, -0.05) is 49.8 Å². The minimum atomic E-state index is -1.58. The summed E-state index contributed by atoms with van der Waals surface area (Å²) in [5.74, 6) is -0.454. The summed E-state index contributed by atoms with van der Waals surface area (Å²) < 4.78 is 0. The summed E-state index contributed by atoms with van der Waals surface area (Å²) in [5.41, 5.74) is -0.910. The van der Waals surface area contributed by atoms with Crippen molar-refractivity contribution in [2.75, 3.05) is 0 Å². The van der Waals surface area contributed by atoms with Crippen LogP contribution in [-0.4, -0.2) is 20.7 Å². The Morgan fingerprint density at radius 2 is 1.78 bits per heavy atom. The van der Waals surface area contributed by atoms with Crippen molar-refractivity contribution in [2.45, 2.75) is 25.9 Å². The standard InChI is InChI=1S/C19H18N2O6/c1-2-3-9-16(18(22)13-7-5-4-6-8-13)19(23)15-11-10-14(20(24)25)12-17(15)21(26)27/h4-12,19,23H,2-3H2,1H3/b16-9+. The quantitative estimate of drug-likeness (QED) is 0.322. The van der Waals surface area contributed by atoms with E-state index in [0.29, 0.717) is 18.4 Å². The lowest BCUT2D eigenvalue weighted by atomic mass is 9.92. The molecule has 0 spiro atoms. The van der Waals surface area contributed by atoms with E-state index in [1.807, 2.05) is 6.92 Å². The molecule has 0 saturated carbocycles. The number of nitrogens with zero attached hydrogens (tertiary/aromatic N) is 2. The van der Waals surface area contributed by atoms with Gasteiger partial charge in [-0.05, 0) is 12.5 Å². The number of carbonyl (C=O) groups is 1. The van der Waals surface area contributed by atoms with Crippen LogP contribution in [0, 0.1) is 20.2 Å². The average Bonchev–Trinajstić information content (AvgIpc) is 2.67. The number of ketones is 1. The van der Waals surface area contributed by atoms with E-state index in [9.17, 15) is 30.1 Å². The first-order chi connectivity index (χ1) is 12.9. The zero-order valence-electron chi connectivity index (χ0n) is 14.6. The lowest BCUT2D eigenvalue weighted by Gasteiger charge is -2.15. The summed E-state index contributed by atoms with van der Waals surface area (Å²) in [6.45, 7) is 1.89. The predicted molar refractivity (Wildman–Crippen MR) is 98.5 cm³/mol. The molecule has 1 atom stereocenters. The number of nitro groups is 2. The summed E-state index contributed by atoms with van der Waals surface area (Å²) >= 11 is 0. The van der Waals surface area contributed by atoms with E-state index in [4.69, 9.17) is 0 Å². The van der Waals surface area contributed by atoms with Gasteiger partial charge in [0.15, 0.2) is 5.78 Å². The molecule has 8 nitrogen and oxygen atoms in total. The molecule has 0 aliphatic heterocycles. The Labute approximate surface area is 155 Å². The number of Topliss-reactive ketones (excluding diaryl/α,β-unsaturated/α-hetero) is 1. The van der Waals surface area contributed by atoms with Gasteiger partial charge in [-0.15, -0.1) is 0 Å². The lowest BCUT2D eigenvalue weighted by Crippen LogP contribution is -2.14. The Hall–Kier alpha value is -3.39. The van der Waals surface area contributed by atoms with Gasteiger partial charge in [0.25, 0.3) is 11.4 Å². The minimum Gasteiger partial charge on any atom is -0.383 e. The Morgan fingerprint density at radius 3 is 2.33 bits per heavy atom. The molecule has 8 heteroatoms. The molecule has 0 fully saturated rings. The maximum Gasteiger partial charge on any atom is 0.282 e. The van der Waals surface area contributed by atoms with E-state index in [1.54, 1.807) is 36.4 Å². The SMILES string of the molecule is CCC/C=C(\C(=O)c1ccccc1)C(O)c1ccc([N+](=O)[O-])cc1[N+](=O)[O-]. The molecule has 140 valence electrons. The van der Waals surface area contributed by atoms with E-state index >= 15 is 0 Å². The third kappa shape index (κ3) is 4.62. The van der Waals surface area contributed by atoms with E-state index in [1.165, 1.54) is 0 Å². The van der Waals surface area contributed by atoms with Gasteiger partial charge in [0.1, 0.15) is 6.10 Å². The maximum absolute atomic E-state index is 12.8. The molecule has 27 heavy (non-hydrogen) atoms. The first kappa shape index (κ1) is 19.9. The van der Waals surface area contributed by atoms with Crippen molar-refractivity contribution in [1.82, 2.24) is 0 Å². The molecule has 2 rings (SSSR count). The molecule has 2 aromatic rings. The van der Waals surface area contributed by atoms with Crippen LogP contribution in [0.1, 0.15) is 41.8 Å². The molecule has 1 unspecified atom stereocenters. The smallest absolute Gasteiger partial charge is 0.282 e. The van der Waals surface area contributed by atoms with E-state index in [0.717, 1.165) is 18.2 Å². The third-order valence-electron chi connectivity index (χ3n) is 3.96. The highest BCUT2D eigenvalue weighted by Crippen LogP contribution is 2.34. The lowest BCUT2D eigenvalue weighted by molar-refractivity contribution is -0.394. The first-order valence-electron chi connectivity index (χ1n) is 8.27. The highest BCUT2D eigenvalue weighted by molar-refractivity contribution is 6.09. The summed E-state index contributed by atoms with van der Waals surface area (Å²) in [6, 6.07) is 11.2. The fourth-order valence-electron chi connectivity index (χ4n) is 2.59. The molecule has 2 aromatic carbocycles. The second-order valence-corrected chi connectivity index (χ2v) is 5.80. The maximum atomic E-state index is 12.8. The van der Waals surface area contributed by atoms with Crippen LogP contribution in [0.15, 0.2) is 60.2 Å². The number of hydrogen-bond donors (Lipinski definition) is 1. The monoisotopic (exact) mass is 370 g/mol. The number of aliphatic hydroxyl groups is 1. The second kappa shape index (κ2) is 8.81. The van der Waals surface area contributed by atoms with Gasteiger partial charge in [-0.2, -0.15) is 0 Å². The molecule has 0 radical (unpaired) electrons. The van der Waals surface area contributed by atoms with Crippen molar-refractivity contribution < 1.29 is 19.7 Å². The van der Waals surface area contributed by atoms with Gasteiger partial charge >= 0.3 is 0 Å². The van der Waals surface area contributed by atoms with Crippen molar-refractivity contribution in [3.8, 4) is 0 Å². The molecule has 0 aliphatic carbocycles. The highest BCUT2D eigenvalue weighted by Gasteiger charge is 2.29. The number of aliphatic hydroxyl groups excluding tert-OH is 1. The number of carbonyl (C=O) groups excluding carboxylic acids is 1. The molecule has 0 aliphatic rings. The first-order valence-corrected chi connectivity index (χ1v) is 8.27. The zero-order chi connectivity index (χ0) is 20.0. The van der Waals surface area contributed by atoms with Crippen LogP contribution in [0.4, 0.5) is 11.4 Å². The molecule has 0 amide bonds. The van der Waals surface area contributed by atoms with Gasteiger partial charge in [0.05, 0.1) is 21.5 Å². The predicted octanol–water partition coefficient (Wildman–Crippen LogP) is 4.15. The van der Waals surface area contributed by atoms with Gasteiger partial charge in [0, 0.05) is 17.2 Å². The fraction of sp³-hybridized carbons (Fsp3) is 0.211. The van der Waals surface area contributed by atoms with Crippen LogP contribution in [0.2, 0.25) is 0 Å². The van der Waals surface area contributed by atoms with Crippen LogP contribution < -0.4 is 0 Å². The summed E-state index contributed by atoms with van der Waals surface area (Å²) in [5, 5.41) is 33.0. The van der Waals surface area contributed by atoms with Gasteiger partial charge < -0.3 is 5.11 Å².